The summed E-state index contributed by atoms with van der Waals surface area (Å²) in [5.41, 5.74) is 2.13. The third-order valence-electron chi connectivity index (χ3n) is 3.13. The van der Waals surface area contributed by atoms with Crippen LogP contribution in [0, 0.1) is 0 Å². The molecule has 5 nitrogen and oxygen atoms in total. The lowest BCUT2D eigenvalue weighted by Crippen LogP contribution is -2.33. The number of amides is 1. The second-order valence-electron chi connectivity index (χ2n) is 4.42. The molecule has 0 saturated heterocycles. The van der Waals surface area contributed by atoms with Crippen LogP contribution in [0.5, 0.6) is 5.75 Å². The van der Waals surface area contributed by atoms with Crippen molar-refractivity contribution in [2.24, 2.45) is 0 Å². The van der Waals surface area contributed by atoms with Crippen molar-refractivity contribution in [1.82, 2.24) is 0 Å². The van der Waals surface area contributed by atoms with Gasteiger partial charge in [-0.05, 0) is 23.8 Å². The van der Waals surface area contributed by atoms with Gasteiger partial charge in [-0.3, -0.25) is 4.79 Å². The summed E-state index contributed by atoms with van der Waals surface area (Å²) in [5, 5.41) is 8.85. The third-order valence-corrected chi connectivity index (χ3v) is 3.13. The fourth-order valence-corrected chi connectivity index (χ4v) is 2.05. The molecule has 0 unspecified atom stereocenters. The number of aliphatic carboxylic acids is 1. The van der Waals surface area contributed by atoms with Crippen LogP contribution < -0.4 is 9.64 Å². The molecule has 2 rings (SSSR count). The zero-order valence-corrected chi connectivity index (χ0v) is 11.7. The second kappa shape index (κ2) is 6.09. The fraction of sp³-hybridized carbons (Fsp3) is 0.125. The Bertz CT molecular complexity index is 681. The number of carbonyl (C=O) groups excluding carboxylic acids is 1. The van der Waals surface area contributed by atoms with Gasteiger partial charge in [0.05, 0.1) is 12.8 Å². The number of nitrogens with zero attached hydrogens (tertiary/aromatic N) is 1. The lowest BCUT2D eigenvalue weighted by molar-refractivity contribution is -0.148. The average molecular weight is 285 g/mol. The summed E-state index contributed by atoms with van der Waals surface area (Å²) in [6.45, 7) is 0. The van der Waals surface area contributed by atoms with Gasteiger partial charge in [-0.25, -0.2) is 4.79 Å². The van der Waals surface area contributed by atoms with Gasteiger partial charge in [0.1, 0.15) is 5.75 Å². The maximum Gasteiger partial charge on any atom is 0.394 e. The van der Waals surface area contributed by atoms with Gasteiger partial charge in [0, 0.05) is 12.6 Å². The van der Waals surface area contributed by atoms with E-state index >= 15 is 0 Å². The molecule has 0 aliphatic rings. The number of ether oxygens (including phenoxy) is 1. The van der Waals surface area contributed by atoms with E-state index < -0.39 is 11.9 Å². The van der Waals surface area contributed by atoms with Crippen LogP contribution in [-0.2, 0) is 9.59 Å². The predicted molar refractivity (Wildman–Crippen MR) is 79.5 cm³/mol. The van der Waals surface area contributed by atoms with Gasteiger partial charge in [0.15, 0.2) is 0 Å². The van der Waals surface area contributed by atoms with Crippen LogP contribution in [0.2, 0.25) is 0 Å². The van der Waals surface area contributed by atoms with Gasteiger partial charge in [-0.1, -0.05) is 30.3 Å². The van der Waals surface area contributed by atoms with Gasteiger partial charge < -0.3 is 14.7 Å². The molecule has 0 aromatic heterocycles. The number of likely N-dealkylation sites (N-methyl/N-ethyl adjacent to an activating group) is 1. The molecule has 0 fully saturated rings. The molecule has 5 heteroatoms. The first-order valence-electron chi connectivity index (χ1n) is 6.29. The Balaban J connectivity index is 2.50. The quantitative estimate of drug-likeness (QED) is 0.879. The summed E-state index contributed by atoms with van der Waals surface area (Å²) < 4.78 is 5.19. The Labute approximate surface area is 122 Å². The molecule has 0 saturated carbocycles. The van der Waals surface area contributed by atoms with Gasteiger partial charge in [0.2, 0.25) is 0 Å². The monoisotopic (exact) mass is 285 g/mol. The molecule has 2 aromatic rings. The summed E-state index contributed by atoms with van der Waals surface area (Å²) in [5.74, 6) is -1.78. The van der Waals surface area contributed by atoms with Crippen molar-refractivity contribution in [2.75, 3.05) is 19.1 Å². The number of hydrogen-bond donors (Lipinski definition) is 1. The molecule has 2 aromatic carbocycles. The van der Waals surface area contributed by atoms with E-state index in [-0.39, 0.29) is 0 Å². The van der Waals surface area contributed by atoms with Crippen molar-refractivity contribution >= 4 is 17.6 Å². The fourth-order valence-electron chi connectivity index (χ4n) is 2.05. The molecule has 0 spiro atoms. The highest BCUT2D eigenvalue weighted by Gasteiger charge is 2.21. The van der Waals surface area contributed by atoms with Crippen molar-refractivity contribution < 1.29 is 19.4 Å². The Hall–Kier alpha value is -2.82. The molecule has 1 amide bonds. The molecule has 108 valence electrons. The van der Waals surface area contributed by atoms with Gasteiger partial charge >= 0.3 is 11.9 Å². The highest BCUT2D eigenvalue weighted by Crippen LogP contribution is 2.32. The number of methoxy groups -OCH3 is 1. The first-order valence-corrected chi connectivity index (χ1v) is 6.29. The Kier molecular flexibility index (Phi) is 4.23. The van der Waals surface area contributed by atoms with Crippen LogP contribution in [-0.4, -0.2) is 31.1 Å². The molecule has 21 heavy (non-hydrogen) atoms. The van der Waals surface area contributed by atoms with Crippen molar-refractivity contribution in [3.63, 3.8) is 0 Å². The summed E-state index contributed by atoms with van der Waals surface area (Å²) in [4.78, 5) is 23.6. The van der Waals surface area contributed by atoms with Crippen LogP contribution in [0.15, 0.2) is 48.5 Å². The van der Waals surface area contributed by atoms with Crippen LogP contribution in [0.1, 0.15) is 0 Å². The zero-order chi connectivity index (χ0) is 15.4. The number of hydrogen-bond acceptors (Lipinski definition) is 3. The standard InChI is InChI=1S/C16H15NO4/c1-17(15(18)16(19)20)14-9-4-3-8-13(14)11-6-5-7-12(10-11)21-2/h3-10H,1-2H3,(H,19,20). The molecule has 0 aliphatic carbocycles. The number of anilines is 1. The van der Waals surface area contributed by atoms with Crippen molar-refractivity contribution in [2.45, 2.75) is 0 Å². The number of rotatable bonds is 3. The van der Waals surface area contributed by atoms with E-state index in [0.717, 1.165) is 16.0 Å². The Morgan fingerprint density at radius 1 is 1.10 bits per heavy atom. The maximum atomic E-state index is 11.7. The molecule has 0 bridgehead atoms. The second-order valence-corrected chi connectivity index (χ2v) is 4.42. The number of benzene rings is 2. The topological polar surface area (TPSA) is 66.8 Å². The highest BCUT2D eigenvalue weighted by molar-refractivity contribution is 6.37. The van der Waals surface area contributed by atoms with Crippen LogP contribution in [0.3, 0.4) is 0 Å². The molecule has 0 aliphatic heterocycles. The van der Waals surface area contributed by atoms with E-state index in [2.05, 4.69) is 0 Å². The van der Waals surface area contributed by atoms with Crippen molar-refractivity contribution in [1.29, 1.82) is 0 Å². The third kappa shape index (κ3) is 3.02. The molecule has 0 atom stereocenters. The number of carbonyl (C=O) groups is 2. The predicted octanol–water partition coefficient (Wildman–Crippen LogP) is 2.41. The highest BCUT2D eigenvalue weighted by atomic mass is 16.5. The summed E-state index contributed by atoms with van der Waals surface area (Å²) >= 11 is 0. The van der Waals surface area contributed by atoms with Crippen molar-refractivity contribution in [3.05, 3.63) is 48.5 Å². The van der Waals surface area contributed by atoms with E-state index in [1.807, 2.05) is 36.4 Å². The normalized spacial score (nSPS) is 10.0. The largest absolute Gasteiger partial charge is 0.497 e. The van der Waals surface area contributed by atoms with Crippen molar-refractivity contribution in [3.8, 4) is 16.9 Å². The number of para-hydroxylation sites is 1. The summed E-state index contributed by atoms with van der Waals surface area (Å²) in [6, 6.07) is 14.5. The molecule has 0 radical (unpaired) electrons. The van der Waals surface area contributed by atoms with Crippen LogP contribution in [0.25, 0.3) is 11.1 Å². The molecule has 1 N–H and O–H groups in total. The summed E-state index contributed by atoms with van der Waals surface area (Å²) in [6.07, 6.45) is 0. The Morgan fingerprint density at radius 3 is 2.48 bits per heavy atom. The minimum absolute atomic E-state index is 0.526. The van der Waals surface area contributed by atoms with E-state index in [4.69, 9.17) is 9.84 Å². The smallest absolute Gasteiger partial charge is 0.394 e. The van der Waals surface area contributed by atoms with E-state index in [0.29, 0.717) is 11.4 Å². The van der Waals surface area contributed by atoms with Gasteiger partial charge in [0.25, 0.3) is 0 Å². The SMILES string of the molecule is COc1cccc(-c2ccccc2N(C)C(=O)C(=O)O)c1. The van der Waals surface area contributed by atoms with Crippen LogP contribution in [0.4, 0.5) is 5.69 Å². The molecular weight excluding hydrogens is 270 g/mol. The maximum absolute atomic E-state index is 11.7. The molecular formula is C16H15NO4. The first-order chi connectivity index (χ1) is 10.0. The summed E-state index contributed by atoms with van der Waals surface area (Å²) in [7, 11) is 3.01. The lowest BCUT2D eigenvalue weighted by Gasteiger charge is -2.19. The van der Waals surface area contributed by atoms with Gasteiger partial charge in [-0.15, -0.1) is 0 Å². The van der Waals surface area contributed by atoms with E-state index in [1.165, 1.54) is 7.05 Å². The van der Waals surface area contributed by atoms with Crippen LogP contribution >= 0.6 is 0 Å². The zero-order valence-electron chi connectivity index (χ0n) is 11.7. The average Bonchev–Trinajstić information content (AvgIpc) is 2.53. The van der Waals surface area contributed by atoms with E-state index in [1.54, 1.807) is 19.2 Å². The van der Waals surface area contributed by atoms with E-state index in [9.17, 15) is 9.59 Å². The molecule has 0 heterocycles. The lowest BCUT2D eigenvalue weighted by atomic mass is 10.0. The minimum Gasteiger partial charge on any atom is -0.497 e. The Morgan fingerprint density at radius 2 is 1.81 bits per heavy atom. The minimum atomic E-state index is -1.49. The number of carboxylic acid groups (broad SMARTS) is 1. The van der Waals surface area contributed by atoms with Gasteiger partial charge in [-0.2, -0.15) is 0 Å². The first kappa shape index (κ1) is 14.6. The number of carboxylic acids is 1.